The molecule has 0 bridgehead atoms. The summed E-state index contributed by atoms with van der Waals surface area (Å²) >= 11 is 6.25. The molecule has 39 heavy (non-hydrogen) atoms. The number of hydrogen-bond donors (Lipinski definition) is 1. The molecular weight excluding hydrogens is 504 g/mol. The number of fused-ring (bicyclic) bond motifs is 1. The summed E-state index contributed by atoms with van der Waals surface area (Å²) in [6, 6.07) is 26.8. The standard InChI is InChI=1S/C33H35ClN4O/c1-4-27(5-2)36-28-11-8-25-20-32(39)38(33(31(25)21-28)24-6-9-26(34)10-7-24)30-14-12-29(13-15-30)37(3)22-23-16-18-35-19-17-23/h6-19,21,27,33,36H,4-5,20,22H2,1-3H3. The number of carbonyl (C=O) groups is 1. The highest BCUT2D eigenvalue weighted by Crippen LogP contribution is 2.41. The summed E-state index contributed by atoms with van der Waals surface area (Å²) in [5.41, 5.74) is 7.49. The van der Waals surface area contributed by atoms with Crippen molar-refractivity contribution < 1.29 is 4.79 Å². The van der Waals surface area contributed by atoms with Gasteiger partial charge in [0.1, 0.15) is 0 Å². The molecule has 6 heteroatoms. The largest absolute Gasteiger partial charge is 0.382 e. The number of rotatable bonds is 9. The summed E-state index contributed by atoms with van der Waals surface area (Å²) in [5.74, 6) is 0.0843. The van der Waals surface area contributed by atoms with E-state index in [-0.39, 0.29) is 11.9 Å². The highest BCUT2D eigenvalue weighted by molar-refractivity contribution is 6.30. The average Bonchev–Trinajstić information content (AvgIpc) is 2.96. The maximum atomic E-state index is 13.7. The molecule has 2 heterocycles. The fourth-order valence-corrected chi connectivity index (χ4v) is 5.47. The van der Waals surface area contributed by atoms with Crippen molar-refractivity contribution in [1.82, 2.24) is 4.98 Å². The molecule has 1 unspecified atom stereocenters. The molecular formula is C33H35ClN4O. The van der Waals surface area contributed by atoms with Gasteiger partial charge in [-0.1, -0.05) is 43.6 Å². The van der Waals surface area contributed by atoms with Gasteiger partial charge in [-0.25, -0.2) is 0 Å². The first-order valence-electron chi connectivity index (χ1n) is 13.6. The van der Waals surface area contributed by atoms with Crippen molar-refractivity contribution >= 4 is 34.6 Å². The van der Waals surface area contributed by atoms with Crippen LogP contribution in [0.15, 0.2) is 91.3 Å². The zero-order chi connectivity index (χ0) is 27.4. The molecule has 1 atom stereocenters. The van der Waals surface area contributed by atoms with Gasteiger partial charge in [0.15, 0.2) is 0 Å². The Labute approximate surface area is 236 Å². The van der Waals surface area contributed by atoms with Crippen LogP contribution < -0.4 is 15.1 Å². The van der Waals surface area contributed by atoms with Crippen LogP contribution in [0.5, 0.6) is 0 Å². The maximum absolute atomic E-state index is 13.7. The second-order valence-corrected chi connectivity index (χ2v) is 10.6. The van der Waals surface area contributed by atoms with Gasteiger partial charge in [-0.2, -0.15) is 0 Å². The van der Waals surface area contributed by atoms with Crippen molar-refractivity contribution in [3.05, 3.63) is 119 Å². The Morgan fingerprint density at radius 1 is 0.974 bits per heavy atom. The van der Waals surface area contributed by atoms with Crippen molar-refractivity contribution in [1.29, 1.82) is 0 Å². The molecule has 3 aromatic carbocycles. The van der Waals surface area contributed by atoms with Crippen molar-refractivity contribution in [3.8, 4) is 0 Å². The Morgan fingerprint density at radius 2 is 1.67 bits per heavy atom. The lowest BCUT2D eigenvalue weighted by Crippen LogP contribution is -2.41. The van der Waals surface area contributed by atoms with Gasteiger partial charge in [-0.3, -0.25) is 9.78 Å². The van der Waals surface area contributed by atoms with E-state index in [1.165, 1.54) is 5.56 Å². The molecule has 0 radical (unpaired) electrons. The minimum Gasteiger partial charge on any atom is -0.382 e. The lowest BCUT2D eigenvalue weighted by atomic mass is 9.86. The molecule has 1 N–H and O–H groups in total. The van der Waals surface area contributed by atoms with Crippen molar-refractivity contribution in [2.24, 2.45) is 0 Å². The highest BCUT2D eigenvalue weighted by atomic mass is 35.5. The number of nitrogens with zero attached hydrogens (tertiary/aromatic N) is 3. The number of carbonyl (C=O) groups excluding carboxylic acids is 1. The molecule has 1 amide bonds. The number of nitrogens with one attached hydrogen (secondary N) is 1. The number of anilines is 3. The van der Waals surface area contributed by atoms with Crippen LogP contribution in [0.2, 0.25) is 5.02 Å². The fraction of sp³-hybridized carbons (Fsp3) is 0.273. The summed E-state index contributed by atoms with van der Waals surface area (Å²) in [6.07, 6.45) is 6.11. The van der Waals surface area contributed by atoms with Gasteiger partial charge in [0.2, 0.25) is 5.91 Å². The van der Waals surface area contributed by atoms with Crippen LogP contribution in [0.25, 0.3) is 0 Å². The molecule has 0 aliphatic carbocycles. The number of halogens is 1. The van der Waals surface area contributed by atoms with E-state index in [4.69, 9.17) is 11.6 Å². The SMILES string of the molecule is CCC(CC)Nc1ccc2c(c1)C(c1ccc(Cl)cc1)N(c1ccc(N(C)Cc3ccncc3)cc1)C(=O)C2. The minimum absolute atomic E-state index is 0.0843. The third-order valence-corrected chi connectivity index (χ3v) is 7.84. The van der Waals surface area contributed by atoms with Crippen LogP contribution >= 0.6 is 11.6 Å². The number of aromatic nitrogens is 1. The van der Waals surface area contributed by atoms with Crippen molar-refractivity contribution in [2.45, 2.75) is 51.7 Å². The molecule has 0 saturated carbocycles. The Balaban J connectivity index is 1.50. The summed E-state index contributed by atoms with van der Waals surface area (Å²) in [5, 5.41) is 4.36. The molecule has 200 valence electrons. The lowest BCUT2D eigenvalue weighted by Gasteiger charge is -2.38. The van der Waals surface area contributed by atoms with Gasteiger partial charge < -0.3 is 15.1 Å². The molecule has 0 saturated heterocycles. The number of hydrogen-bond acceptors (Lipinski definition) is 4. The fourth-order valence-electron chi connectivity index (χ4n) is 5.35. The van der Waals surface area contributed by atoms with Gasteiger partial charge in [-0.05, 0) is 95.8 Å². The average molecular weight is 539 g/mol. The predicted molar refractivity (Wildman–Crippen MR) is 162 cm³/mol. The van der Waals surface area contributed by atoms with Gasteiger partial charge in [0.05, 0.1) is 12.5 Å². The summed E-state index contributed by atoms with van der Waals surface area (Å²) in [6.45, 7) is 5.18. The Bertz CT molecular complexity index is 1400. The molecule has 1 aliphatic heterocycles. The number of pyridine rings is 1. The molecule has 5 rings (SSSR count). The quantitative estimate of drug-likeness (QED) is 0.238. The molecule has 0 spiro atoms. The lowest BCUT2D eigenvalue weighted by molar-refractivity contribution is -0.118. The second kappa shape index (κ2) is 11.9. The highest BCUT2D eigenvalue weighted by Gasteiger charge is 2.35. The minimum atomic E-state index is -0.248. The third kappa shape index (κ3) is 5.94. The summed E-state index contributed by atoms with van der Waals surface area (Å²) in [4.78, 5) is 21.9. The van der Waals surface area contributed by atoms with Gasteiger partial charge >= 0.3 is 0 Å². The van der Waals surface area contributed by atoms with Gasteiger partial charge in [0.25, 0.3) is 0 Å². The monoisotopic (exact) mass is 538 g/mol. The van der Waals surface area contributed by atoms with E-state index in [0.717, 1.165) is 53.1 Å². The molecule has 4 aromatic rings. The zero-order valence-corrected chi connectivity index (χ0v) is 23.5. The Kier molecular flexibility index (Phi) is 8.18. The molecule has 5 nitrogen and oxygen atoms in total. The third-order valence-electron chi connectivity index (χ3n) is 7.59. The van der Waals surface area contributed by atoms with Crippen LogP contribution in [0, 0.1) is 0 Å². The topological polar surface area (TPSA) is 48.5 Å². The smallest absolute Gasteiger partial charge is 0.232 e. The molecule has 0 fully saturated rings. The van der Waals surface area contributed by atoms with Gasteiger partial charge in [-0.15, -0.1) is 0 Å². The van der Waals surface area contributed by atoms with E-state index < -0.39 is 0 Å². The van der Waals surface area contributed by atoms with E-state index in [1.807, 2.05) is 53.7 Å². The van der Waals surface area contributed by atoms with Crippen LogP contribution in [-0.4, -0.2) is 24.0 Å². The molecule has 1 aliphatic rings. The van der Waals surface area contributed by atoms with Crippen molar-refractivity contribution in [2.75, 3.05) is 22.2 Å². The normalized spacial score (nSPS) is 14.8. The number of amides is 1. The zero-order valence-electron chi connectivity index (χ0n) is 22.8. The van der Waals surface area contributed by atoms with E-state index in [9.17, 15) is 4.79 Å². The van der Waals surface area contributed by atoms with Crippen LogP contribution in [0.3, 0.4) is 0 Å². The Hall–Kier alpha value is -3.83. The molecule has 1 aromatic heterocycles. The van der Waals surface area contributed by atoms with Crippen LogP contribution in [0.4, 0.5) is 17.1 Å². The first-order valence-corrected chi connectivity index (χ1v) is 14.0. The van der Waals surface area contributed by atoms with E-state index >= 15 is 0 Å². The maximum Gasteiger partial charge on any atom is 0.232 e. The predicted octanol–water partition coefficient (Wildman–Crippen LogP) is 7.65. The van der Waals surface area contributed by atoms with Gasteiger partial charge in [0, 0.05) is 54.1 Å². The second-order valence-electron chi connectivity index (χ2n) is 10.2. The first kappa shape index (κ1) is 26.8. The number of benzene rings is 3. The first-order chi connectivity index (χ1) is 19.0. The van der Waals surface area contributed by atoms with E-state index in [2.05, 4.69) is 78.6 Å². The Morgan fingerprint density at radius 3 is 2.33 bits per heavy atom. The van der Waals surface area contributed by atoms with Crippen LogP contribution in [-0.2, 0) is 17.8 Å². The summed E-state index contributed by atoms with van der Waals surface area (Å²) < 4.78 is 0. The summed E-state index contributed by atoms with van der Waals surface area (Å²) in [7, 11) is 2.07. The van der Waals surface area contributed by atoms with Crippen LogP contribution in [0.1, 0.15) is 55.0 Å². The van der Waals surface area contributed by atoms with Crippen molar-refractivity contribution in [3.63, 3.8) is 0 Å². The van der Waals surface area contributed by atoms with E-state index in [0.29, 0.717) is 17.5 Å². The van der Waals surface area contributed by atoms with E-state index in [1.54, 1.807) is 0 Å².